The van der Waals surface area contributed by atoms with Gasteiger partial charge in [0.15, 0.2) is 0 Å². The zero-order chi connectivity index (χ0) is 15.1. The Balaban J connectivity index is 2.66. The summed E-state index contributed by atoms with van der Waals surface area (Å²) in [5.41, 5.74) is 0. The first-order valence-electron chi connectivity index (χ1n) is 8.05. The number of thioether (sulfide) groups is 1. The first kappa shape index (κ1) is 17.8. The normalized spacial score (nSPS) is 24.7. The van der Waals surface area contributed by atoms with Gasteiger partial charge in [0, 0.05) is 6.54 Å². The number of hydrogen-bond donors (Lipinski definition) is 1. The highest BCUT2D eigenvalue weighted by molar-refractivity contribution is 7.98. The second-order valence-corrected chi connectivity index (χ2v) is 7.47. The molecule has 0 saturated carbocycles. The molecule has 1 fully saturated rings. The largest absolute Gasteiger partial charge is 0.325 e. The second kappa shape index (κ2) is 8.93. The van der Waals surface area contributed by atoms with E-state index in [1.165, 1.54) is 0 Å². The Morgan fingerprint density at radius 1 is 1.35 bits per heavy atom. The van der Waals surface area contributed by atoms with Crippen LogP contribution in [0.1, 0.15) is 53.4 Å². The average Bonchev–Trinajstić information content (AvgIpc) is 2.64. The van der Waals surface area contributed by atoms with E-state index in [-0.39, 0.29) is 12.2 Å². The second-order valence-electron chi connectivity index (χ2n) is 6.56. The van der Waals surface area contributed by atoms with Gasteiger partial charge in [-0.05, 0) is 36.7 Å². The summed E-state index contributed by atoms with van der Waals surface area (Å²) in [6, 6.07) is 0.0557. The lowest BCUT2D eigenvalue weighted by molar-refractivity contribution is -0.130. The van der Waals surface area contributed by atoms with E-state index in [9.17, 15) is 4.79 Å². The monoisotopic (exact) mass is 300 g/mol. The molecule has 0 radical (unpaired) electrons. The molecule has 4 heteroatoms. The van der Waals surface area contributed by atoms with Crippen molar-refractivity contribution in [1.29, 1.82) is 0 Å². The number of carbonyl (C=O) groups is 1. The molecule has 1 aliphatic heterocycles. The highest BCUT2D eigenvalue weighted by atomic mass is 32.2. The molecule has 118 valence electrons. The summed E-state index contributed by atoms with van der Waals surface area (Å²) in [5, 5.41) is 3.57. The summed E-state index contributed by atoms with van der Waals surface area (Å²) in [4.78, 5) is 14.7. The molecule has 0 bridgehead atoms. The summed E-state index contributed by atoms with van der Waals surface area (Å²) in [6.45, 7) is 9.79. The zero-order valence-electron chi connectivity index (χ0n) is 13.8. The first-order valence-corrected chi connectivity index (χ1v) is 9.44. The SMILES string of the molecule is CCCCC1NC(CC(C)C)N(CC(C)CSC)C1=O. The summed E-state index contributed by atoms with van der Waals surface area (Å²) < 4.78 is 0. The van der Waals surface area contributed by atoms with Crippen LogP contribution in [0.4, 0.5) is 0 Å². The molecular formula is C16H32N2OS. The van der Waals surface area contributed by atoms with E-state index in [1.54, 1.807) is 0 Å². The van der Waals surface area contributed by atoms with Crippen LogP contribution in [0.15, 0.2) is 0 Å². The number of carbonyl (C=O) groups excluding carboxylic acids is 1. The van der Waals surface area contributed by atoms with Crippen LogP contribution < -0.4 is 5.32 Å². The number of nitrogens with one attached hydrogen (secondary N) is 1. The third-order valence-corrected chi connectivity index (χ3v) is 4.75. The zero-order valence-corrected chi connectivity index (χ0v) is 14.6. The molecule has 20 heavy (non-hydrogen) atoms. The molecule has 3 unspecified atom stereocenters. The van der Waals surface area contributed by atoms with Crippen molar-refractivity contribution >= 4 is 17.7 Å². The summed E-state index contributed by atoms with van der Waals surface area (Å²) in [7, 11) is 0. The molecular weight excluding hydrogens is 268 g/mol. The van der Waals surface area contributed by atoms with E-state index >= 15 is 0 Å². The topological polar surface area (TPSA) is 32.3 Å². The minimum Gasteiger partial charge on any atom is -0.325 e. The lowest BCUT2D eigenvalue weighted by atomic mass is 10.1. The van der Waals surface area contributed by atoms with Crippen molar-refractivity contribution in [3.05, 3.63) is 0 Å². The van der Waals surface area contributed by atoms with Crippen LogP contribution in [-0.4, -0.2) is 41.6 Å². The van der Waals surface area contributed by atoms with Crippen molar-refractivity contribution in [2.24, 2.45) is 11.8 Å². The predicted octanol–water partition coefficient (Wildman–Crippen LogP) is 3.35. The summed E-state index contributed by atoms with van der Waals surface area (Å²) in [5.74, 6) is 2.63. The van der Waals surface area contributed by atoms with Crippen molar-refractivity contribution in [1.82, 2.24) is 10.2 Å². The summed E-state index contributed by atoms with van der Waals surface area (Å²) >= 11 is 1.87. The molecule has 3 nitrogen and oxygen atoms in total. The van der Waals surface area contributed by atoms with Crippen LogP contribution >= 0.6 is 11.8 Å². The fourth-order valence-electron chi connectivity index (χ4n) is 2.89. The molecule has 3 atom stereocenters. The van der Waals surface area contributed by atoms with Crippen molar-refractivity contribution in [3.8, 4) is 0 Å². The summed E-state index contributed by atoms with van der Waals surface area (Å²) in [6.07, 6.45) is 6.71. The maximum atomic E-state index is 12.6. The third-order valence-electron chi connectivity index (χ3n) is 3.85. The van der Waals surface area contributed by atoms with Gasteiger partial charge in [-0.2, -0.15) is 11.8 Å². The standard InChI is InChI=1S/C16H32N2OS/c1-6-7-8-14-16(19)18(10-13(4)11-20-5)15(17-14)9-12(2)3/h12-15,17H,6-11H2,1-5H3. The number of unbranched alkanes of at least 4 members (excludes halogenated alkanes) is 1. The van der Waals surface area contributed by atoms with Crippen molar-refractivity contribution < 1.29 is 4.79 Å². The Labute approximate surface area is 129 Å². The quantitative estimate of drug-likeness (QED) is 0.709. The molecule has 0 aliphatic carbocycles. The number of hydrogen-bond acceptors (Lipinski definition) is 3. The smallest absolute Gasteiger partial charge is 0.241 e. The van der Waals surface area contributed by atoms with Gasteiger partial charge >= 0.3 is 0 Å². The maximum absolute atomic E-state index is 12.6. The van der Waals surface area contributed by atoms with Crippen LogP contribution in [0.25, 0.3) is 0 Å². The van der Waals surface area contributed by atoms with Gasteiger partial charge in [0.25, 0.3) is 0 Å². The molecule has 1 heterocycles. The molecule has 0 aromatic heterocycles. The highest BCUT2D eigenvalue weighted by Gasteiger charge is 2.38. The molecule has 1 aliphatic rings. The van der Waals surface area contributed by atoms with Gasteiger partial charge in [0.2, 0.25) is 5.91 Å². The van der Waals surface area contributed by atoms with Crippen LogP contribution in [0, 0.1) is 11.8 Å². The van der Waals surface area contributed by atoms with Crippen LogP contribution in [0.2, 0.25) is 0 Å². The van der Waals surface area contributed by atoms with Crippen LogP contribution in [0.3, 0.4) is 0 Å². The van der Waals surface area contributed by atoms with Crippen molar-refractivity contribution in [2.75, 3.05) is 18.6 Å². The lowest BCUT2D eigenvalue weighted by Gasteiger charge is -2.28. The minimum atomic E-state index is 0.0557. The third kappa shape index (κ3) is 5.28. The van der Waals surface area contributed by atoms with Crippen molar-refractivity contribution in [3.63, 3.8) is 0 Å². The fourth-order valence-corrected chi connectivity index (χ4v) is 3.57. The molecule has 0 aromatic carbocycles. The predicted molar refractivity (Wildman–Crippen MR) is 89.0 cm³/mol. The van der Waals surface area contributed by atoms with Crippen LogP contribution in [-0.2, 0) is 4.79 Å². The van der Waals surface area contributed by atoms with Crippen LogP contribution in [0.5, 0.6) is 0 Å². The van der Waals surface area contributed by atoms with Gasteiger partial charge < -0.3 is 4.90 Å². The van der Waals surface area contributed by atoms with E-state index in [0.717, 1.165) is 38.0 Å². The Bertz CT molecular complexity index is 296. The van der Waals surface area contributed by atoms with E-state index in [0.29, 0.717) is 17.7 Å². The van der Waals surface area contributed by atoms with Gasteiger partial charge in [-0.15, -0.1) is 0 Å². The number of nitrogens with zero attached hydrogens (tertiary/aromatic N) is 1. The van der Waals surface area contributed by atoms with Gasteiger partial charge in [0.05, 0.1) is 12.2 Å². The Morgan fingerprint density at radius 2 is 2.05 bits per heavy atom. The highest BCUT2D eigenvalue weighted by Crippen LogP contribution is 2.22. The number of rotatable bonds is 9. The molecule has 0 aromatic rings. The lowest BCUT2D eigenvalue weighted by Crippen LogP contribution is -2.41. The van der Waals surface area contributed by atoms with E-state index in [2.05, 4.69) is 44.2 Å². The Hall–Kier alpha value is -0.220. The average molecular weight is 301 g/mol. The minimum absolute atomic E-state index is 0.0557. The van der Waals surface area contributed by atoms with Gasteiger partial charge in [-0.25, -0.2) is 0 Å². The van der Waals surface area contributed by atoms with Gasteiger partial charge in [0.1, 0.15) is 0 Å². The molecule has 1 saturated heterocycles. The fraction of sp³-hybridized carbons (Fsp3) is 0.938. The Kier molecular flexibility index (Phi) is 7.96. The van der Waals surface area contributed by atoms with Crippen molar-refractivity contribution in [2.45, 2.75) is 65.6 Å². The number of amides is 1. The van der Waals surface area contributed by atoms with Gasteiger partial charge in [-0.1, -0.05) is 40.5 Å². The first-order chi connectivity index (χ1) is 9.49. The molecule has 1 amide bonds. The van der Waals surface area contributed by atoms with E-state index < -0.39 is 0 Å². The maximum Gasteiger partial charge on any atom is 0.241 e. The molecule has 1 N–H and O–H groups in total. The van der Waals surface area contributed by atoms with E-state index in [4.69, 9.17) is 0 Å². The molecule has 0 spiro atoms. The Morgan fingerprint density at radius 3 is 2.60 bits per heavy atom. The van der Waals surface area contributed by atoms with E-state index in [1.807, 2.05) is 11.8 Å². The molecule has 1 rings (SSSR count). The van der Waals surface area contributed by atoms with Gasteiger partial charge in [-0.3, -0.25) is 10.1 Å².